The third-order valence-corrected chi connectivity index (χ3v) is 4.19. The summed E-state index contributed by atoms with van der Waals surface area (Å²) in [6.07, 6.45) is 1.03. The van der Waals surface area contributed by atoms with Crippen LogP contribution in [0.3, 0.4) is 0 Å². The Balaban J connectivity index is 2.69. The lowest BCUT2D eigenvalue weighted by molar-refractivity contribution is 0.600. The fourth-order valence-corrected chi connectivity index (χ4v) is 3.03. The lowest BCUT2D eigenvalue weighted by atomic mass is 9.97. The summed E-state index contributed by atoms with van der Waals surface area (Å²) in [5.41, 5.74) is 3.79. The Labute approximate surface area is 152 Å². The highest BCUT2D eigenvalue weighted by Gasteiger charge is 2.20. The minimum atomic E-state index is 0.316. The number of hydrogen-bond acceptors (Lipinski definition) is 3. The van der Waals surface area contributed by atoms with Crippen LogP contribution in [0, 0.1) is 17.2 Å². The van der Waals surface area contributed by atoms with E-state index in [4.69, 9.17) is 4.98 Å². The summed E-state index contributed by atoms with van der Waals surface area (Å²) in [4.78, 5) is 7.18. The minimum absolute atomic E-state index is 0.316. The van der Waals surface area contributed by atoms with Gasteiger partial charge >= 0.3 is 0 Å². The fraction of sp³-hybridized carbons (Fsp3) is 0.455. The van der Waals surface area contributed by atoms with E-state index in [-0.39, 0.29) is 0 Å². The van der Waals surface area contributed by atoms with Gasteiger partial charge in [-0.2, -0.15) is 5.26 Å². The van der Waals surface area contributed by atoms with E-state index in [0.29, 0.717) is 17.4 Å². The van der Waals surface area contributed by atoms with Crippen molar-refractivity contribution >= 4 is 5.82 Å². The molecule has 3 heteroatoms. The summed E-state index contributed by atoms with van der Waals surface area (Å²) in [6.45, 7) is 12.7. The Morgan fingerprint density at radius 3 is 2.32 bits per heavy atom. The van der Waals surface area contributed by atoms with E-state index < -0.39 is 0 Å². The average Bonchev–Trinajstić information content (AvgIpc) is 2.60. The van der Waals surface area contributed by atoms with Gasteiger partial charge in [0, 0.05) is 24.3 Å². The molecule has 0 aliphatic heterocycles. The van der Waals surface area contributed by atoms with E-state index in [1.165, 1.54) is 0 Å². The van der Waals surface area contributed by atoms with Crippen LogP contribution in [-0.4, -0.2) is 18.1 Å². The molecule has 0 radical (unpaired) electrons. The molecule has 0 saturated heterocycles. The van der Waals surface area contributed by atoms with Gasteiger partial charge in [-0.05, 0) is 29.9 Å². The van der Waals surface area contributed by atoms with Crippen LogP contribution in [0.2, 0.25) is 0 Å². The number of benzene rings is 1. The van der Waals surface area contributed by atoms with Crippen molar-refractivity contribution in [3.63, 3.8) is 0 Å². The Bertz CT molecular complexity index is 727. The molecule has 0 aliphatic rings. The maximum absolute atomic E-state index is 9.92. The van der Waals surface area contributed by atoms with Gasteiger partial charge < -0.3 is 4.90 Å². The van der Waals surface area contributed by atoms with Crippen molar-refractivity contribution in [1.82, 2.24) is 4.98 Å². The standard InChI is InChI=1S/C22H29N3/c1-6-12-25(15-16(2)3)22-20(14-23)19(13-21(24-22)17(4)5)18-10-8-7-9-11-18/h7-11,13,16-17H,6,12,15H2,1-5H3. The van der Waals surface area contributed by atoms with Gasteiger partial charge in [-0.1, -0.05) is 65.0 Å². The Kier molecular flexibility index (Phi) is 6.58. The van der Waals surface area contributed by atoms with Gasteiger partial charge in [0.1, 0.15) is 17.5 Å². The summed E-state index contributed by atoms with van der Waals surface area (Å²) in [5, 5.41) is 9.92. The zero-order valence-electron chi connectivity index (χ0n) is 16.1. The summed E-state index contributed by atoms with van der Waals surface area (Å²) in [6, 6.07) is 14.7. The van der Waals surface area contributed by atoms with Crippen LogP contribution in [0.25, 0.3) is 11.1 Å². The molecule has 1 aromatic heterocycles. The van der Waals surface area contributed by atoms with Crippen LogP contribution in [0.15, 0.2) is 36.4 Å². The van der Waals surface area contributed by atoms with Crippen molar-refractivity contribution < 1.29 is 0 Å². The van der Waals surface area contributed by atoms with Gasteiger partial charge in [0.25, 0.3) is 0 Å². The summed E-state index contributed by atoms with van der Waals surface area (Å²) < 4.78 is 0. The number of pyridine rings is 1. The predicted octanol–water partition coefficient (Wildman–Crippen LogP) is 5.62. The first-order valence-corrected chi connectivity index (χ1v) is 9.23. The molecule has 1 aromatic carbocycles. The van der Waals surface area contributed by atoms with Crippen molar-refractivity contribution in [2.24, 2.45) is 5.92 Å². The molecular formula is C22H29N3. The molecule has 0 atom stereocenters. The summed E-state index contributed by atoms with van der Waals surface area (Å²) >= 11 is 0. The lowest BCUT2D eigenvalue weighted by Crippen LogP contribution is -2.30. The Morgan fingerprint density at radius 1 is 1.12 bits per heavy atom. The molecule has 1 heterocycles. The van der Waals surface area contributed by atoms with Crippen LogP contribution in [-0.2, 0) is 0 Å². The van der Waals surface area contributed by atoms with E-state index in [2.05, 4.69) is 63.8 Å². The van der Waals surface area contributed by atoms with E-state index in [1.54, 1.807) is 0 Å². The summed E-state index contributed by atoms with van der Waals surface area (Å²) in [5.74, 6) is 1.67. The Morgan fingerprint density at radius 2 is 1.80 bits per heavy atom. The van der Waals surface area contributed by atoms with Crippen LogP contribution < -0.4 is 4.90 Å². The zero-order chi connectivity index (χ0) is 18.4. The van der Waals surface area contributed by atoms with Crippen molar-refractivity contribution in [2.75, 3.05) is 18.0 Å². The SMILES string of the molecule is CCCN(CC(C)C)c1nc(C(C)C)cc(-c2ccccc2)c1C#N. The van der Waals surface area contributed by atoms with Crippen LogP contribution in [0.5, 0.6) is 0 Å². The Hall–Kier alpha value is -2.34. The number of nitrogens with zero attached hydrogens (tertiary/aromatic N) is 3. The van der Waals surface area contributed by atoms with Crippen molar-refractivity contribution in [2.45, 2.75) is 47.0 Å². The van der Waals surface area contributed by atoms with Gasteiger partial charge in [-0.15, -0.1) is 0 Å². The molecule has 2 rings (SSSR count). The average molecular weight is 335 g/mol. The highest BCUT2D eigenvalue weighted by molar-refractivity contribution is 5.77. The van der Waals surface area contributed by atoms with Crippen LogP contribution in [0.1, 0.15) is 58.2 Å². The number of nitriles is 1. The molecule has 2 aromatic rings. The van der Waals surface area contributed by atoms with Gasteiger partial charge in [-0.25, -0.2) is 4.98 Å². The molecule has 0 amide bonds. The predicted molar refractivity (Wildman–Crippen MR) is 106 cm³/mol. The zero-order valence-corrected chi connectivity index (χ0v) is 16.1. The van der Waals surface area contributed by atoms with Gasteiger partial charge in [0.05, 0.1) is 0 Å². The van der Waals surface area contributed by atoms with Crippen LogP contribution in [0.4, 0.5) is 5.82 Å². The first-order chi connectivity index (χ1) is 12.0. The molecule has 0 bridgehead atoms. The number of hydrogen-bond donors (Lipinski definition) is 0. The van der Waals surface area contributed by atoms with E-state index in [1.807, 2.05) is 18.2 Å². The molecule has 0 N–H and O–H groups in total. The first-order valence-electron chi connectivity index (χ1n) is 9.23. The van der Waals surface area contributed by atoms with E-state index >= 15 is 0 Å². The highest BCUT2D eigenvalue weighted by atomic mass is 15.2. The van der Waals surface area contributed by atoms with Gasteiger partial charge in [0.2, 0.25) is 0 Å². The molecule has 3 nitrogen and oxygen atoms in total. The molecule has 0 saturated carbocycles. The third-order valence-electron chi connectivity index (χ3n) is 4.19. The largest absolute Gasteiger partial charge is 0.355 e. The lowest BCUT2D eigenvalue weighted by Gasteiger charge is -2.28. The highest BCUT2D eigenvalue weighted by Crippen LogP contribution is 2.33. The molecule has 25 heavy (non-hydrogen) atoms. The molecule has 0 spiro atoms. The summed E-state index contributed by atoms with van der Waals surface area (Å²) in [7, 11) is 0. The molecule has 0 fully saturated rings. The minimum Gasteiger partial charge on any atom is -0.355 e. The number of anilines is 1. The fourth-order valence-electron chi connectivity index (χ4n) is 3.03. The van der Waals surface area contributed by atoms with Gasteiger partial charge in [0.15, 0.2) is 0 Å². The smallest absolute Gasteiger partial charge is 0.147 e. The topological polar surface area (TPSA) is 39.9 Å². The maximum atomic E-state index is 9.92. The third kappa shape index (κ3) is 4.60. The number of rotatable bonds is 7. The first kappa shape index (κ1) is 19.0. The monoisotopic (exact) mass is 335 g/mol. The molecular weight excluding hydrogens is 306 g/mol. The second kappa shape index (κ2) is 8.67. The molecule has 132 valence electrons. The second-order valence-electron chi connectivity index (χ2n) is 7.27. The molecule has 0 unspecified atom stereocenters. The van der Waals surface area contributed by atoms with Crippen molar-refractivity contribution in [1.29, 1.82) is 5.26 Å². The van der Waals surface area contributed by atoms with Crippen molar-refractivity contribution in [3.05, 3.63) is 47.7 Å². The van der Waals surface area contributed by atoms with E-state index in [9.17, 15) is 5.26 Å². The maximum Gasteiger partial charge on any atom is 0.147 e. The quantitative estimate of drug-likeness (QED) is 0.659. The van der Waals surface area contributed by atoms with Crippen LogP contribution >= 0.6 is 0 Å². The normalized spacial score (nSPS) is 11.0. The van der Waals surface area contributed by atoms with E-state index in [0.717, 1.165) is 42.1 Å². The second-order valence-corrected chi connectivity index (χ2v) is 7.27. The van der Waals surface area contributed by atoms with Gasteiger partial charge in [-0.3, -0.25) is 0 Å². The molecule has 0 aliphatic carbocycles. The van der Waals surface area contributed by atoms with Crippen molar-refractivity contribution in [3.8, 4) is 17.2 Å². The number of aromatic nitrogens is 1.